The number of furan rings is 1. The fourth-order valence-electron chi connectivity index (χ4n) is 1.54. The number of hydrogen-bond donors (Lipinski definition) is 0. The predicted molar refractivity (Wildman–Crippen MR) is 61.5 cm³/mol. The van der Waals surface area contributed by atoms with E-state index in [9.17, 15) is 4.79 Å². The summed E-state index contributed by atoms with van der Waals surface area (Å²) >= 11 is 0. The lowest BCUT2D eigenvalue weighted by Gasteiger charge is -2.03. The zero-order valence-electron chi connectivity index (χ0n) is 9.77. The summed E-state index contributed by atoms with van der Waals surface area (Å²) in [6.07, 6.45) is 3.34. The predicted octanol–water partition coefficient (Wildman–Crippen LogP) is 2.65. The molecule has 0 spiro atoms. The maximum absolute atomic E-state index is 11.7. The van der Waals surface area contributed by atoms with Crippen molar-refractivity contribution in [3.05, 3.63) is 53.2 Å². The SMILES string of the molecule is Cc1cc(C(=O)OCc2cccnc2)c(C)o1. The molecule has 0 bridgehead atoms. The number of nitrogens with zero attached hydrogens (tertiary/aromatic N) is 1. The molecule has 2 rings (SSSR count). The van der Waals surface area contributed by atoms with E-state index in [1.807, 2.05) is 6.07 Å². The van der Waals surface area contributed by atoms with E-state index in [0.717, 1.165) is 5.56 Å². The Morgan fingerprint density at radius 2 is 2.29 bits per heavy atom. The van der Waals surface area contributed by atoms with Crippen LogP contribution in [0.3, 0.4) is 0 Å². The zero-order chi connectivity index (χ0) is 12.3. The molecule has 0 radical (unpaired) electrons. The molecule has 4 nitrogen and oxygen atoms in total. The molecule has 0 aliphatic carbocycles. The minimum Gasteiger partial charge on any atom is -0.466 e. The minimum atomic E-state index is -0.372. The van der Waals surface area contributed by atoms with Crippen molar-refractivity contribution in [2.24, 2.45) is 0 Å². The Balaban J connectivity index is 2.01. The average Bonchev–Trinajstić information content (AvgIpc) is 2.67. The van der Waals surface area contributed by atoms with E-state index in [4.69, 9.17) is 9.15 Å². The minimum absolute atomic E-state index is 0.219. The Labute approximate surface area is 99.2 Å². The molecule has 2 aromatic heterocycles. The highest BCUT2D eigenvalue weighted by Crippen LogP contribution is 2.15. The Hall–Kier alpha value is -2.10. The van der Waals surface area contributed by atoms with Gasteiger partial charge in [-0.25, -0.2) is 4.79 Å². The van der Waals surface area contributed by atoms with Crippen LogP contribution in [0.2, 0.25) is 0 Å². The second kappa shape index (κ2) is 4.82. The summed E-state index contributed by atoms with van der Waals surface area (Å²) < 4.78 is 10.4. The number of ether oxygens (including phenoxy) is 1. The molecule has 0 amide bonds. The van der Waals surface area contributed by atoms with Crippen LogP contribution in [0.15, 0.2) is 35.0 Å². The Morgan fingerprint density at radius 1 is 1.47 bits per heavy atom. The monoisotopic (exact) mass is 231 g/mol. The van der Waals surface area contributed by atoms with Crippen LogP contribution in [-0.2, 0) is 11.3 Å². The molecular formula is C13H13NO3. The van der Waals surface area contributed by atoms with E-state index >= 15 is 0 Å². The van der Waals surface area contributed by atoms with Crippen LogP contribution >= 0.6 is 0 Å². The summed E-state index contributed by atoms with van der Waals surface area (Å²) in [6.45, 7) is 3.76. The van der Waals surface area contributed by atoms with Crippen LogP contribution in [0.5, 0.6) is 0 Å². The average molecular weight is 231 g/mol. The third-order valence-electron chi connectivity index (χ3n) is 2.35. The Morgan fingerprint density at radius 3 is 2.88 bits per heavy atom. The third-order valence-corrected chi connectivity index (χ3v) is 2.35. The van der Waals surface area contributed by atoms with Crippen molar-refractivity contribution < 1.29 is 13.9 Å². The number of hydrogen-bond acceptors (Lipinski definition) is 4. The number of aromatic nitrogens is 1. The van der Waals surface area contributed by atoms with Crippen molar-refractivity contribution in [2.75, 3.05) is 0 Å². The van der Waals surface area contributed by atoms with Crippen LogP contribution in [0.25, 0.3) is 0 Å². The van der Waals surface area contributed by atoms with Crippen LogP contribution in [-0.4, -0.2) is 11.0 Å². The highest BCUT2D eigenvalue weighted by molar-refractivity contribution is 5.90. The van der Waals surface area contributed by atoms with Crippen molar-refractivity contribution in [1.29, 1.82) is 0 Å². The fraction of sp³-hybridized carbons (Fsp3) is 0.231. The van der Waals surface area contributed by atoms with Gasteiger partial charge in [-0.2, -0.15) is 0 Å². The van der Waals surface area contributed by atoms with Gasteiger partial charge in [0.2, 0.25) is 0 Å². The highest BCUT2D eigenvalue weighted by atomic mass is 16.5. The number of esters is 1. The molecule has 88 valence electrons. The normalized spacial score (nSPS) is 10.2. The van der Waals surface area contributed by atoms with Gasteiger partial charge in [-0.05, 0) is 26.0 Å². The van der Waals surface area contributed by atoms with Gasteiger partial charge in [0.25, 0.3) is 0 Å². The number of aryl methyl sites for hydroxylation is 2. The lowest BCUT2D eigenvalue weighted by molar-refractivity contribution is 0.0470. The highest BCUT2D eigenvalue weighted by Gasteiger charge is 2.14. The van der Waals surface area contributed by atoms with Crippen LogP contribution < -0.4 is 0 Å². The summed E-state index contributed by atoms with van der Waals surface area (Å²) in [4.78, 5) is 15.7. The molecule has 0 atom stereocenters. The van der Waals surface area contributed by atoms with Gasteiger partial charge in [-0.1, -0.05) is 6.07 Å². The quantitative estimate of drug-likeness (QED) is 0.762. The first-order valence-electron chi connectivity index (χ1n) is 5.30. The maximum atomic E-state index is 11.7. The van der Waals surface area contributed by atoms with E-state index in [0.29, 0.717) is 17.1 Å². The topological polar surface area (TPSA) is 52.3 Å². The number of carbonyl (C=O) groups excluding carboxylic acids is 1. The third kappa shape index (κ3) is 2.72. The van der Waals surface area contributed by atoms with Gasteiger partial charge >= 0.3 is 5.97 Å². The molecule has 0 aromatic carbocycles. The first kappa shape index (κ1) is 11.4. The molecule has 0 saturated heterocycles. The van der Waals surface area contributed by atoms with Gasteiger partial charge in [0.15, 0.2) is 0 Å². The fourth-order valence-corrected chi connectivity index (χ4v) is 1.54. The Bertz CT molecular complexity index is 517. The zero-order valence-corrected chi connectivity index (χ0v) is 9.77. The van der Waals surface area contributed by atoms with Crippen LogP contribution in [0.1, 0.15) is 27.4 Å². The van der Waals surface area contributed by atoms with Gasteiger partial charge in [0, 0.05) is 18.0 Å². The van der Waals surface area contributed by atoms with Crippen molar-refractivity contribution in [3.63, 3.8) is 0 Å². The largest absolute Gasteiger partial charge is 0.466 e. The smallest absolute Gasteiger partial charge is 0.342 e. The van der Waals surface area contributed by atoms with E-state index in [1.54, 1.807) is 38.4 Å². The first-order chi connectivity index (χ1) is 8.16. The second-order valence-electron chi connectivity index (χ2n) is 3.76. The molecule has 0 saturated carbocycles. The maximum Gasteiger partial charge on any atom is 0.342 e. The van der Waals surface area contributed by atoms with E-state index in [1.165, 1.54) is 0 Å². The number of rotatable bonds is 3. The summed E-state index contributed by atoms with van der Waals surface area (Å²) in [5, 5.41) is 0. The lowest BCUT2D eigenvalue weighted by Crippen LogP contribution is -2.05. The van der Waals surface area contributed by atoms with Crippen molar-refractivity contribution in [1.82, 2.24) is 4.98 Å². The van der Waals surface area contributed by atoms with Crippen molar-refractivity contribution >= 4 is 5.97 Å². The molecule has 0 aliphatic heterocycles. The summed E-state index contributed by atoms with van der Waals surface area (Å²) in [5.74, 6) is 0.915. The first-order valence-corrected chi connectivity index (χ1v) is 5.30. The van der Waals surface area contributed by atoms with E-state index < -0.39 is 0 Å². The molecule has 17 heavy (non-hydrogen) atoms. The molecule has 0 unspecified atom stereocenters. The van der Waals surface area contributed by atoms with Gasteiger partial charge in [0.05, 0.1) is 0 Å². The van der Waals surface area contributed by atoms with Gasteiger partial charge < -0.3 is 9.15 Å². The molecular weight excluding hydrogens is 218 g/mol. The number of pyridine rings is 1. The Kier molecular flexibility index (Phi) is 3.23. The van der Waals surface area contributed by atoms with Crippen molar-refractivity contribution in [2.45, 2.75) is 20.5 Å². The molecule has 2 aromatic rings. The molecule has 0 aliphatic rings. The molecule has 0 fully saturated rings. The van der Waals surface area contributed by atoms with Crippen molar-refractivity contribution in [3.8, 4) is 0 Å². The van der Waals surface area contributed by atoms with Crippen LogP contribution in [0, 0.1) is 13.8 Å². The van der Waals surface area contributed by atoms with E-state index in [2.05, 4.69) is 4.98 Å². The van der Waals surface area contributed by atoms with Gasteiger partial charge in [0.1, 0.15) is 23.7 Å². The van der Waals surface area contributed by atoms with Gasteiger partial charge in [-0.3, -0.25) is 4.98 Å². The molecule has 4 heteroatoms. The molecule has 2 heterocycles. The van der Waals surface area contributed by atoms with Crippen LogP contribution in [0.4, 0.5) is 0 Å². The van der Waals surface area contributed by atoms with E-state index in [-0.39, 0.29) is 12.6 Å². The second-order valence-corrected chi connectivity index (χ2v) is 3.76. The standard InChI is InChI=1S/C13H13NO3/c1-9-6-12(10(2)17-9)13(15)16-8-11-4-3-5-14-7-11/h3-7H,8H2,1-2H3. The lowest BCUT2D eigenvalue weighted by atomic mass is 10.2. The van der Waals surface area contributed by atoms with Gasteiger partial charge in [-0.15, -0.1) is 0 Å². The summed E-state index contributed by atoms with van der Waals surface area (Å²) in [7, 11) is 0. The number of carbonyl (C=O) groups is 1. The summed E-state index contributed by atoms with van der Waals surface area (Å²) in [6, 6.07) is 5.34. The summed E-state index contributed by atoms with van der Waals surface area (Å²) in [5.41, 5.74) is 1.34. The molecule has 0 N–H and O–H groups in total.